The Kier molecular flexibility index (Phi) is 3.10. The van der Waals surface area contributed by atoms with Gasteiger partial charge in [-0.05, 0) is 24.3 Å². The van der Waals surface area contributed by atoms with Crippen molar-refractivity contribution in [2.75, 3.05) is 18.5 Å². The molecule has 1 aliphatic heterocycles. The average molecular weight is 219 g/mol. The van der Waals surface area contributed by atoms with Gasteiger partial charge in [-0.15, -0.1) is 0 Å². The molecule has 84 valence electrons. The van der Waals surface area contributed by atoms with Crippen LogP contribution in [0.25, 0.3) is 6.08 Å². The number of carboxylic acids is 1. The Morgan fingerprint density at radius 2 is 2.38 bits per heavy atom. The van der Waals surface area contributed by atoms with Gasteiger partial charge in [0.15, 0.2) is 0 Å². The molecule has 0 aliphatic carbocycles. The van der Waals surface area contributed by atoms with E-state index in [4.69, 9.17) is 9.84 Å². The predicted octanol–water partition coefficient (Wildman–Crippen LogP) is 1.98. The Morgan fingerprint density at radius 3 is 3.19 bits per heavy atom. The first-order chi connectivity index (χ1) is 7.77. The lowest BCUT2D eigenvalue weighted by Crippen LogP contribution is -2.09. The normalized spacial score (nSPS) is 12.8. The third-order valence-corrected chi connectivity index (χ3v) is 2.34. The van der Waals surface area contributed by atoms with Gasteiger partial charge in [-0.1, -0.05) is 6.07 Å². The van der Waals surface area contributed by atoms with E-state index in [0.717, 1.165) is 17.0 Å². The number of fused-ring (bicyclic) bond motifs is 1. The zero-order valence-electron chi connectivity index (χ0n) is 8.77. The second-order valence-electron chi connectivity index (χ2n) is 3.50. The molecule has 1 aromatic carbocycles. The lowest BCUT2D eigenvalue weighted by atomic mass is 10.1. The molecule has 0 atom stereocenters. The minimum atomic E-state index is -0.802. The Bertz CT molecular complexity index is 426. The van der Waals surface area contributed by atoms with Crippen LogP contribution in [0.3, 0.4) is 0 Å². The second-order valence-corrected chi connectivity index (χ2v) is 3.50. The van der Waals surface area contributed by atoms with Crippen LogP contribution in [0.5, 0.6) is 5.75 Å². The number of hydrogen-bond donors (Lipinski definition) is 2. The van der Waals surface area contributed by atoms with E-state index in [1.807, 2.05) is 30.4 Å². The molecular formula is C12H13NO3. The summed E-state index contributed by atoms with van der Waals surface area (Å²) in [4.78, 5) is 10.4. The van der Waals surface area contributed by atoms with E-state index in [9.17, 15) is 4.79 Å². The summed E-state index contributed by atoms with van der Waals surface area (Å²) in [5.41, 5.74) is 1.90. The fourth-order valence-corrected chi connectivity index (χ4v) is 1.60. The van der Waals surface area contributed by atoms with E-state index in [-0.39, 0.29) is 6.42 Å². The topological polar surface area (TPSA) is 58.6 Å². The minimum absolute atomic E-state index is 0.105. The van der Waals surface area contributed by atoms with Crippen LogP contribution >= 0.6 is 0 Å². The monoisotopic (exact) mass is 219 g/mol. The van der Waals surface area contributed by atoms with Crippen LogP contribution in [0.15, 0.2) is 24.3 Å². The van der Waals surface area contributed by atoms with Crippen LogP contribution in [0, 0.1) is 0 Å². The standard InChI is InChI=1S/C12H13NO3/c14-12(15)6-7-13-10-4-1-5-11-9(10)3-2-8-16-11/h1-5,13H,6-8H2,(H,14,15). The van der Waals surface area contributed by atoms with Gasteiger partial charge >= 0.3 is 5.97 Å². The van der Waals surface area contributed by atoms with Gasteiger partial charge in [0.05, 0.1) is 6.42 Å². The van der Waals surface area contributed by atoms with Crippen molar-refractivity contribution in [1.29, 1.82) is 0 Å². The fourth-order valence-electron chi connectivity index (χ4n) is 1.60. The predicted molar refractivity (Wildman–Crippen MR) is 61.7 cm³/mol. The van der Waals surface area contributed by atoms with Gasteiger partial charge in [-0.2, -0.15) is 0 Å². The third kappa shape index (κ3) is 2.34. The van der Waals surface area contributed by atoms with Gasteiger partial charge in [0.1, 0.15) is 12.4 Å². The molecule has 0 saturated carbocycles. The molecule has 2 N–H and O–H groups in total. The molecule has 0 saturated heterocycles. The first kappa shape index (κ1) is 10.5. The number of anilines is 1. The Hall–Kier alpha value is -1.97. The first-order valence-corrected chi connectivity index (χ1v) is 5.15. The van der Waals surface area contributed by atoms with Crippen molar-refractivity contribution in [3.63, 3.8) is 0 Å². The highest BCUT2D eigenvalue weighted by molar-refractivity contribution is 5.74. The highest BCUT2D eigenvalue weighted by atomic mass is 16.5. The van der Waals surface area contributed by atoms with Gasteiger partial charge in [0.2, 0.25) is 0 Å². The number of ether oxygens (including phenoxy) is 1. The van der Waals surface area contributed by atoms with Crippen LogP contribution in [0.2, 0.25) is 0 Å². The quantitative estimate of drug-likeness (QED) is 0.813. The molecule has 2 rings (SSSR count). The Morgan fingerprint density at radius 1 is 1.50 bits per heavy atom. The van der Waals surface area contributed by atoms with Crippen LogP contribution in [-0.4, -0.2) is 24.2 Å². The number of rotatable bonds is 4. The van der Waals surface area contributed by atoms with E-state index < -0.39 is 5.97 Å². The lowest BCUT2D eigenvalue weighted by molar-refractivity contribution is -0.136. The number of nitrogens with one attached hydrogen (secondary N) is 1. The summed E-state index contributed by atoms with van der Waals surface area (Å²) in [7, 11) is 0. The molecule has 1 heterocycles. The number of benzene rings is 1. The van der Waals surface area contributed by atoms with E-state index in [1.165, 1.54) is 0 Å². The highest BCUT2D eigenvalue weighted by Crippen LogP contribution is 2.30. The summed E-state index contributed by atoms with van der Waals surface area (Å²) in [6, 6.07) is 5.71. The molecule has 4 heteroatoms. The van der Waals surface area contributed by atoms with Crippen LogP contribution in [-0.2, 0) is 4.79 Å². The van der Waals surface area contributed by atoms with Crippen molar-refractivity contribution < 1.29 is 14.6 Å². The zero-order valence-corrected chi connectivity index (χ0v) is 8.77. The molecule has 0 spiro atoms. The molecule has 1 aliphatic rings. The molecule has 0 radical (unpaired) electrons. The van der Waals surface area contributed by atoms with Crippen molar-refractivity contribution in [3.8, 4) is 5.75 Å². The molecule has 1 aromatic rings. The van der Waals surface area contributed by atoms with E-state index in [2.05, 4.69) is 5.32 Å². The van der Waals surface area contributed by atoms with Crippen LogP contribution in [0.1, 0.15) is 12.0 Å². The Labute approximate surface area is 93.5 Å². The summed E-state index contributed by atoms with van der Waals surface area (Å²) in [5.74, 6) is 0.0342. The Balaban J connectivity index is 2.10. The molecule has 0 aromatic heterocycles. The smallest absolute Gasteiger partial charge is 0.305 e. The fraction of sp³-hybridized carbons (Fsp3) is 0.250. The van der Waals surface area contributed by atoms with Gasteiger partial charge in [-0.25, -0.2) is 0 Å². The van der Waals surface area contributed by atoms with Crippen molar-refractivity contribution >= 4 is 17.7 Å². The van der Waals surface area contributed by atoms with Gasteiger partial charge in [0, 0.05) is 17.8 Å². The van der Waals surface area contributed by atoms with Crippen molar-refractivity contribution in [3.05, 3.63) is 29.8 Å². The third-order valence-electron chi connectivity index (χ3n) is 2.34. The number of aliphatic carboxylic acids is 1. The zero-order chi connectivity index (χ0) is 11.4. The molecular weight excluding hydrogens is 206 g/mol. The minimum Gasteiger partial charge on any atom is -0.489 e. The summed E-state index contributed by atoms with van der Waals surface area (Å²) in [6.45, 7) is 1.01. The van der Waals surface area contributed by atoms with Crippen molar-refractivity contribution in [1.82, 2.24) is 0 Å². The van der Waals surface area contributed by atoms with Gasteiger partial charge < -0.3 is 15.2 Å². The van der Waals surface area contributed by atoms with Crippen LogP contribution < -0.4 is 10.1 Å². The van der Waals surface area contributed by atoms with E-state index in [0.29, 0.717) is 13.2 Å². The van der Waals surface area contributed by atoms with Crippen LogP contribution in [0.4, 0.5) is 5.69 Å². The molecule has 0 bridgehead atoms. The van der Waals surface area contributed by atoms with Gasteiger partial charge in [0.25, 0.3) is 0 Å². The highest BCUT2D eigenvalue weighted by Gasteiger charge is 2.09. The molecule has 0 unspecified atom stereocenters. The second kappa shape index (κ2) is 4.70. The summed E-state index contributed by atoms with van der Waals surface area (Å²) in [6.07, 6.45) is 4.03. The maximum atomic E-state index is 10.4. The maximum absolute atomic E-state index is 10.4. The summed E-state index contributed by atoms with van der Waals surface area (Å²) < 4.78 is 5.45. The van der Waals surface area contributed by atoms with Gasteiger partial charge in [-0.3, -0.25) is 4.79 Å². The maximum Gasteiger partial charge on any atom is 0.305 e. The first-order valence-electron chi connectivity index (χ1n) is 5.15. The lowest BCUT2D eigenvalue weighted by Gasteiger charge is -2.16. The SMILES string of the molecule is O=C(O)CCNc1cccc2c1C=CCO2. The molecule has 16 heavy (non-hydrogen) atoms. The average Bonchev–Trinajstić information content (AvgIpc) is 2.29. The summed E-state index contributed by atoms with van der Waals surface area (Å²) >= 11 is 0. The number of hydrogen-bond acceptors (Lipinski definition) is 3. The number of carbonyl (C=O) groups is 1. The van der Waals surface area contributed by atoms with Crippen molar-refractivity contribution in [2.24, 2.45) is 0 Å². The number of carboxylic acid groups (broad SMARTS) is 1. The van der Waals surface area contributed by atoms with E-state index >= 15 is 0 Å². The molecule has 0 amide bonds. The van der Waals surface area contributed by atoms with Crippen molar-refractivity contribution in [2.45, 2.75) is 6.42 Å². The molecule has 0 fully saturated rings. The van der Waals surface area contributed by atoms with E-state index in [1.54, 1.807) is 0 Å². The molecule has 4 nitrogen and oxygen atoms in total. The summed E-state index contributed by atoms with van der Waals surface area (Å²) in [5, 5.41) is 11.6. The largest absolute Gasteiger partial charge is 0.489 e.